The Kier molecular flexibility index (Phi) is 3.86. The van der Waals surface area contributed by atoms with Gasteiger partial charge in [0.05, 0.1) is 14.4 Å². The number of nitrogens with zero attached hydrogens (tertiary/aromatic N) is 3. The SMILES string of the molecule is Cc1c(-c2nc(-c3c(F)cccc3Cl)nn2C)csc1Br. The van der Waals surface area contributed by atoms with E-state index >= 15 is 0 Å². The molecule has 2 aromatic heterocycles. The third-order valence-electron chi connectivity index (χ3n) is 3.17. The summed E-state index contributed by atoms with van der Waals surface area (Å²) in [6, 6.07) is 4.54. The zero-order valence-electron chi connectivity index (χ0n) is 11.2. The van der Waals surface area contributed by atoms with Gasteiger partial charge in [0.1, 0.15) is 5.82 Å². The van der Waals surface area contributed by atoms with Crippen molar-refractivity contribution in [1.82, 2.24) is 14.8 Å². The van der Waals surface area contributed by atoms with Crippen LogP contribution in [0.4, 0.5) is 4.39 Å². The van der Waals surface area contributed by atoms with E-state index in [1.54, 1.807) is 35.2 Å². The van der Waals surface area contributed by atoms with E-state index in [4.69, 9.17) is 11.6 Å². The smallest absolute Gasteiger partial charge is 0.186 e. The highest BCUT2D eigenvalue weighted by Crippen LogP contribution is 2.35. The van der Waals surface area contributed by atoms with Gasteiger partial charge in [0.25, 0.3) is 0 Å². The summed E-state index contributed by atoms with van der Waals surface area (Å²) in [6.07, 6.45) is 0. The summed E-state index contributed by atoms with van der Waals surface area (Å²) >= 11 is 11.1. The highest BCUT2D eigenvalue weighted by molar-refractivity contribution is 9.11. The monoisotopic (exact) mass is 385 g/mol. The van der Waals surface area contributed by atoms with Gasteiger partial charge in [0, 0.05) is 18.0 Å². The molecule has 0 unspecified atom stereocenters. The Balaban J connectivity index is 2.17. The Bertz CT molecular complexity index is 807. The van der Waals surface area contributed by atoms with Crippen LogP contribution < -0.4 is 0 Å². The number of hydrogen-bond donors (Lipinski definition) is 0. The van der Waals surface area contributed by atoms with Crippen LogP contribution >= 0.6 is 38.9 Å². The lowest BCUT2D eigenvalue weighted by atomic mass is 10.2. The Hall–Kier alpha value is -1.24. The first-order valence-corrected chi connectivity index (χ1v) is 8.13. The molecule has 0 fully saturated rings. The molecule has 0 bridgehead atoms. The van der Waals surface area contributed by atoms with Crippen molar-refractivity contribution in [3.63, 3.8) is 0 Å². The molecular weight excluding hydrogens is 377 g/mol. The van der Waals surface area contributed by atoms with Crippen LogP contribution in [0.5, 0.6) is 0 Å². The molecule has 7 heteroatoms. The second kappa shape index (κ2) is 5.51. The van der Waals surface area contributed by atoms with Gasteiger partial charge in [-0.05, 0) is 40.5 Å². The average Bonchev–Trinajstić information content (AvgIpc) is 2.94. The molecule has 0 amide bonds. The lowest BCUT2D eigenvalue weighted by Crippen LogP contribution is -1.94. The molecule has 0 radical (unpaired) electrons. The van der Waals surface area contributed by atoms with Gasteiger partial charge in [-0.25, -0.2) is 14.1 Å². The fraction of sp³-hybridized carbons (Fsp3) is 0.143. The van der Waals surface area contributed by atoms with Crippen molar-refractivity contribution < 1.29 is 4.39 Å². The van der Waals surface area contributed by atoms with E-state index in [1.807, 2.05) is 12.3 Å². The minimum Gasteiger partial charge on any atom is -0.248 e. The van der Waals surface area contributed by atoms with E-state index in [0.29, 0.717) is 10.8 Å². The van der Waals surface area contributed by atoms with Crippen molar-refractivity contribution in [3.05, 3.63) is 43.8 Å². The molecule has 0 saturated carbocycles. The molecule has 1 aromatic carbocycles. The zero-order valence-corrected chi connectivity index (χ0v) is 14.4. The Morgan fingerprint density at radius 2 is 2.14 bits per heavy atom. The van der Waals surface area contributed by atoms with Crippen LogP contribution in [0.1, 0.15) is 5.56 Å². The van der Waals surface area contributed by atoms with E-state index in [9.17, 15) is 4.39 Å². The maximum Gasteiger partial charge on any atom is 0.186 e. The van der Waals surface area contributed by atoms with Crippen LogP contribution in [0.2, 0.25) is 5.02 Å². The van der Waals surface area contributed by atoms with Gasteiger partial charge < -0.3 is 0 Å². The predicted molar refractivity (Wildman–Crippen MR) is 87.2 cm³/mol. The molecule has 3 rings (SSSR count). The molecule has 3 nitrogen and oxygen atoms in total. The van der Waals surface area contributed by atoms with Crippen LogP contribution in [0.15, 0.2) is 27.4 Å². The molecular formula is C14H10BrClFN3S. The number of aryl methyl sites for hydroxylation is 1. The number of benzene rings is 1. The molecule has 0 spiro atoms. The third kappa shape index (κ3) is 2.52. The van der Waals surface area contributed by atoms with Gasteiger partial charge in [-0.2, -0.15) is 5.10 Å². The molecule has 0 atom stereocenters. The summed E-state index contributed by atoms with van der Waals surface area (Å²) in [5.74, 6) is 0.545. The number of halogens is 3. The first kappa shape index (κ1) is 14.7. The minimum atomic E-state index is -0.428. The maximum atomic E-state index is 14.0. The fourth-order valence-corrected chi connectivity index (χ4v) is 3.58. The number of thiophene rings is 1. The molecule has 0 N–H and O–H groups in total. The van der Waals surface area contributed by atoms with Gasteiger partial charge in [0.2, 0.25) is 0 Å². The lowest BCUT2D eigenvalue weighted by Gasteiger charge is -2.00. The fourth-order valence-electron chi connectivity index (χ4n) is 2.05. The molecule has 2 heterocycles. The highest BCUT2D eigenvalue weighted by Gasteiger charge is 2.19. The van der Waals surface area contributed by atoms with E-state index < -0.39 is 5.82 Å². The number of hydrogen-bond acceptors (Lipinski definition) is 3. The molecule has 108 valence electrons. The molecule has 0 saturated heterocycles. The van der Waals surface area contributed by atoms with E-state index in [1.165, 1.54) is 6.07 Å². The summed E-state index contributed by atoms with van der Waals surface area (Å²) in [5.41, 5.74) is 2.29. The quantitative estimate of drug-likeness (QED) is 0.615. The Labute approximate surface area is 138 Å². The van der Waals surface area contributed by atoms with Crippen molar-refractivity contribution in [2.45, 2.75) is 6.92 Å². The Morgan fingerprint density at radius 3 is 2.76 bits per heavy atom. The van der Waals surface area contributed by atoms with Crippen LogP contribution in [-0.2, 0) is 7.05 Å². The molecule has 0 aliphatic rings. The molecule has 0 aliphatic carbocycles. The predicted octanol–water partition coefficient (Wildman–Crippen LogP) is 5.07. The van der Waals surface area contributed by atoms with Gasteiger partial charge >= 0.3 is 0 Å². The van der Waals surface area contributed by atoms with Crippen molar-refractivity contribution in [3.8, 4) is 22.8 Å². The van der Waals surface area contributed by atoms with Crippen molar-refractivity contribution in [2.75, 3.05) is 0 Å². The molecule has 0 aliphatic heterocycles. The largest absolute Gasteiger partial charge is 0.248 e. The van der Waals surface area contributed by atoms with Gasteiger partial charge in [-0.1, -0.05) is 17.7 Å². The van der Waals surface area contributed by atoms with Crippen molar-refractivity contribution >= 4 is 38.9 Å². The summed E-state index contributed by atoms with van der Waals surface area (Å²) < 4.78 is 16.7. The van der Waals surface area contributed by atoms with Gasteiger partial charge in [-0.3, -0.25) is 0 Å². The van der Waals surface area contributed by atoms with Crippen LogP contribution in [0.3, 0.4) is 0 Å². The lowest BCUT2D eigenvalue weighted by molar-refractivity contribution is 0.629. The summed E-state index contributed by atoms with van der Waals surface area (Å²) in [4.78, 5) is 4.46. The van der Waals surface area contributed by atoms with Gasteiger partial charge in [0.15, 0.2) is 11.6 Å². The Morgan fingerprint density at radius 1 is 1.38 bits per heavy atom. The average molecular weight is 387 g/mol. The van der Waals surface area contributed by atoms with Gasteiger partial charge in [-0.15, -0.1) is 11.3 Å². The normalized spacial score (nSPS) is 11.1. The third-order valence-corrected chi connectivity index (χ3v) is 5.51. The van der Waals surface area contributed by atoms with Crippen LogP contribution in [0, 0.1) is 12.7 Å². The summed E-state index contributed by atoms with van der Waals surface area (Å²) in [7, 11) is 1.78. The first-order chi connectivity index (χ1) is 9.99. The first-order valence-electron chi connectivity index (χ1n) is 6.08. The topological polar surface area (TPSA) is 30.7 Å². The standard InChI is InChI=1S/C14H10BrClFN3S/c1-7-8(6-21-12(7)15)14-18-13(19-20(14)2)11-9(16)4-3-5-10(11)17/h3-6H,1-2H3. The number of rotatable bonds is 2. The second-order valence-electron chi connectivity index (χ2n) is 4.53. The summed E-state index contributed by atoms with van der Waals surface area (Å²) in [5, 5.41) is 6.60. The van der Waals surface area contributed by atoms with E-state index in [2.05, 4.69) is 26.0 Å². The van der Waals surface area contributed by atoms with E-state index in [0.717, 1.165) is 14.9 Å². The van der Waals surface area contributed by atoms with Crippen LogP contribution in [0.25, 0.3) is 22.8 Å². The molecule has 3 aromatic rings. The van der Waals surface area contributed by atoms with Crippen molar-refractivity contribution in [1.29, 1.82) is 0 Å². The maximum absolute atomic E-state index is 14.0. The van der Waals surface area contributed by atoms with Crippen LogP contribution in [-0.4, -0.2) is 14.8 Å². The highest BCUT2D eigenvalue weighted by atomic mass is 79.9. The number of aromatic nitrogens is 3. The van der Waals surface area contributed by atoms with E-state index in [-0.39, 0.29) is 11.4 Å². The summed E-state index contributed by atoms with van der Waals surface area (Å²) in [6.45, 7) is 2.00. The second-order valence-corrected chi connectivity index (χ2v) is 7.13. The molecule has 21 heavy (non-hydrogen) atoms. The zero-order chi connectivity index (χ0) is 15.1. The minimum absolute atomic E-state index is 0.230. The van der Waals surface area contributed by atoms with Crippen molar-refractivity contribution in [2.24, 2.45) is 7.05 Å².